The molecule has 1 aliphatic carbocycles. The Morgan fingerprint density at radius 1 is 1.15 bits per heavy atom. The maximum atomic E-state index is 11.7. The standard InChI is InChI=1S/C23H27NO2S/c1-3-18(23(25)26)20-14-17-9-8-15-6-4-5-7-19(15)21(22(17)27-20)16-10-12-24(2)13-11-16/h4-7,14,18H,3,8-13H2,1-2H3,(H,25,26). The fourth-order valence-electron chi connectivity index (χ4n) is 4.38. The van der Waals surface area contributed by atoms with Crippen LogP contribution in [0.25, 0.3) is 5.57 Å². The molecule has 4 rings (SSSR count). The number of benzene rings is 1. The van der Waals surface area contributed by atoms with Crippen LogP contribution in [0.5, 0.6) is 0 Å². The van der Waals surface area contributed by atoms with E-state index in [4.69, 9.17) is 0 Å². The van der Waals surface area contributed by atoms with Crippen LogP contribution in [0.2, 0.25) is 0 Å². The van der Waals surface area contributed by atoms with Gasteiger partial charge in [-0.25, -0.2) is 0 Å². The number of carbonyl (C=O) groups is 1. The van der Waals surface area contributed by atoms with Gasteiger partial charge in [0.05, 0.1) is 5.92 Å². The zero-order chi connectivity index (χ0) is 19.0. The molecular weight excluding hydrogens is 354 g/mol. The van der Waals surface area contributed by atoms with Gasteiger partial charge in [-0.1, -0.05) is 36.8 Å². The van der Waals surface area contributed by atoms with E-state index in [2.05, 4.69) is 42.3 Å². The van der Waals surface area contributed by atoms with Crippen LogP contribution in [0.4, 0.5) is 0 Å². The quantitative estimate of drug-likeness (QED) is 0.817. The zero-order valence-corrected chi connectivity index (χ0v) is 16.9. The molecule has 27 heavy (non-hydrogen) atoms. The molecule has 2 heterocycles. The van der Waals surface area contributed by atoms with Crippen LogP contribution < -0.4 is 0 Å². The number of carboxylic acid groups (broad SMARTS) is 1. The van der Waals surface area contributed by atoms with Gasteiger partial charge in [-0.05, 0) is 67.5 Å². The van der Waals surface area contributed by atoms with Crippen molar-refractivity contribution in [2.45, 2.75) is 44.9 Å². The van der Waals surface area contributed by atoms with Gasteiger partial charge in [-0.15, -0.1) is 11.3 Å². The molecule has 2 aliphatic rings. The average Bonchev–Trinajstić information content (AvgIpc) is 2.99. The molecule has 1 unspecified atom stereocenters. The topological polar surface area (TPSA) is 40.5 Å². The summed E-state index contributed by atoms with van der Waals surface area (Å²) in [6.45, 7) is 4.16. The molecule has 3 nitrogen and oxygen atoms in total. The van der Waals surface area contributed by atoms with Crippen LogP contribution in [0, 0.1) is 0 Å². The second-order valence-electron chi connectivity index (χ2n) is 7.74. The zero-order valence-electron chi connectivity index (χ0n) is 16.1. The van der Waals surface area contributed by atoms with Crippen LogP contribution in [0.1, 0.15) is 58.5 Å². The summed E-state index contributed by atoms with van der Waals surface area (Å²) in [4.78, 5) is 16.5. The van der Waals surface area contributed by atoms with Crippen molar-refractivity contribution in [2.24, 2.45) is 0 Å². The van der Waals surface area contributed by atoms with Gasteiger partial charge >= 0.3 is 5.97 Å². The second-order valence-corrected chi connectivity index (χ2v) is 8.82. The molecule has 1 fully saturated rings. The van der Waals surface area contributed by atoms with Gasteiger partial charge in [-0.2, -0.15) is 0 Å². The molecule has 0 spiro atoms. The van der Waals surface area contributed by atoms with Gasteiger partial charge < -0.3 is 10.0 Å². The Morgan fingerprint density at radius 2 is 1.85 bits per heavy atom. The minimum Gasteiger partial charge on any atom is -0.481 e. The number of hydrogen-bond donors (Lipinski definition) is 1. The lowest BCUT2D eigenvalue weighted by atomic mass is 9.90. The van der Waals surface area contributed by atoms with E-state index in [1.54, 1.807) is 16.9 Å². The number of piperidine rings is 1. The average molecular weight is 382 g/mol. The van der Waals surface area contributed by atoms with E-state index < -0.39 is 5.97 Å². The van der Waals surface area contributed by atoms with E-state index in [-0.39, 0.29) is 5.92 Å². The van der Waals surface area contributed by atoms with E-state index in [0.29, 0.717) is 6.42 Å². The normalized spacial score (nSPS) is 18.6. The third-order valence-corrected chi connectivity index (χ3v) is 7.31. The van der Waals surface area contributed by atoms with E-state index in [0.717, 1.165) is 43.6 Å². The number of aliphatic carboxylic acids is 1. The predicted molar refractivity (Wildman–Crippen MR) is 112 cm³/mol. The molecule has 0 bridgehead atoms. The number of aryl methyl sites for hydroxylation is 2. The molecular formula is C23H27NO2S. The molecule has 1 atom stereocenters. The highest BCUT2D eigenvalue weighted by Gasteiger charge is 2.28. The summed E-state index contributed by atoms with van der Waals surface area (Å²) in [5, 5.41) is 9.63. The van der Waals surface area contributed by atoms with Crippen molar-refractivity contribution in [2.75, 3.05) is 20.1 Å². The third kappa shape index (κ3) is 3.48. The van der Waals surface area contributed by atoms with Crippen molar-refractivity contribution in [1.82, 2.24) is 4.90 Å². The largest absolute Gasteiger partial charge is 0.481 e. The number of thiophene rings is 1. The fourth-order valence-corrected chi connectivity index (χ4v) is 5.88. The monoisotopic (exact) mass is 381 g/mol. The Hall–Kier alpha value is -1.91. The van der Waals surface area contributed by atoms with Crippen LogP contribution in [-0.4, -0.2) is 36.1 Å². The third-order valence-electron chi connectivity index (χ3n) is 6.00. The van der Waals surface area contributed by atoms with Crippen molar-refractivity contribution in [3.63, 3.8) is 0 Å². The predicted octanol–water partition coefficient (Wildman–Crippen LogP) is 4.95. The summed E-state index contributed by atoms with van der Waals surface area (Å²) in [6.07, 6.45) is 4.86. The lowest BCUT2D eigenvalue weighted by molar-refractivity contribution is -0.138. The molecule has 4 heteroatoms. The minimum absolute atomic E-state index is 0.388. The molecule has 1 aromatic heterocycles. The molecule has 2 aromatic rings. The van der Waals surface area contributed by atoms with Gasteiger partial charge in [-0.3, -0.25) is 4.79 Å². The van der Waals surface area contributed by atoms with E-state index in [9.17, 15) is 9.90 Å². The van der Waals surface area contributed by atoms with Crippen LogP contribution >= 0.6 is 11.3 Å². The van der Waals surface area contributed by atoms with Crippen molar-refractivity contribution in [3.05, 3.63) is 62.3 Å². The summed E-state index contributed by atoms with van der Waals surface area (Å²) in [7, 11) is 2.19. The lowest BCUT2D eigenvalue weighted by Crippen LogP contribution is -2.26. The first-order chi connectivity index (χ1) is 13.1. The van der Waals surface area contributed by atoms with Gasteiger partial charge in [0.25, 0.3) is 0 Å². The number of rotatable bonds is 3. The maximum Gasteiger partial charge on any atom is 0.311 e. The van der Waals surface area contributed by atoms with Crippen molar-refractivity contribution >= 4 is 22.9 Å². The molecule has 1 saturated heterocycles. The molecule has 1 aromatic carbocycles. The van der Waals surface area contributed by atoms with E-state index in [1.165, 1.54) is 27.1 Å². The lowest BCUT2D eigenvalue weighted by Gasteiger charge is -2.27. The van der Waals surface area contributed by atoms with Crippen LogP contribution in [0.3, 0.4) is 0 Å². The Kier molecular flexibility index (Phi) is 5.20. The highest BCUT2D eigenvalue weighted by atomic mass is 32.1. The smallest absolute Gasteiger partial charge is 0.311 e. The maximum absolute atomic E-state index is 11.7. The van der Waals surface area contributed by atoms with Crippen molar-refractivity contribution in [1.29, 1.82) is 0 Å². The minimum atomic E-state index is -0.706. The Balaban J connectivity index is 1.88. The number of hydrogen-bond acceptors (Lipinski definition) is 3. The highest BCUT2D eigenvalue weighted by Crippen LogP contribution is 2.44. The molecule has 1 aliphatic heterocycles. The molecule has 0 saturated carbocycles. The number of carboxylic acids is 1. The SMILES string of the molecule is CCC(C(=O)O)c1cc2c(s1)C(=C1CCN(C)CC1)c1ccccc1CC2. The first kappa shape index (κ1) is 18.5. The van der Waals surface area contributed by atoms with Gasteiger partial charge in [0.15, 0.2) is 0 Å². The number of nitrogens with zero attached hydrogens (tertiary/aromatic N) is 1. The van der Waals surface area contributed by atoms with Crippen molar-refractivity contribution < 1.29 is 9.90 Å². The summed E-state index contributed by atoms with van der Waals surface area (Å²) >= 11 is 1.72. The van der Waals surface area contributed by atoms with Gasteiger partial charge in [0.2, 0.25) is 0 Å². The van der Waals surface area contributed by atoms with Crippen LogP contribution in [-0.2, 0) is 17.6 Å². The fraction of sp³-hybridized carbons (Fsp3) is 0.435. The molecule has 0 radical (unpaired) electrons. The number of fused-ring (bicyclic) bond motifs is 2. The van der Waals surface area contributed by atoms with Gasteiger partial charge in [0.1, 0.15) is 0 Å². The Bertz CT molecular complexity index is 886. The highest BCUT2D eigenvalue weighted by molar-refractivity contribution is 7.13. The number of likely N-dealkylation sites (tertiary alicyclic amines) is 1. The first-order valence-corrected chi connectivity index (χ1v) is 10.7. The van der Waals surface area contributed by atoms with Crippen molar-refractivity contribution in [3.8, 4) is 0 Å². The first-order valence-electron chi connectivity index (χ1n) is 9.93. The van der Waals surface area contributed by atoms with Gasteiger partial charge in [0, 0.05) is 22.8 Å². The van der Waals surface area contributed by atoms with E-state index in [1.807, 2.05) is 6.92 Å². The summed E-state index contributed by atoms with van der Waals surface area (Å²) in [6, 6.07) is 11.0. The Morgan fingerprint density at radius 3 is 2.56 bits per heavy atom. The molecule has 1 N–H and O–H groups in total. The molecule has 142 valence electrons. The molecule has 0 amide bonds. The Labute approximate surface area is 165 Å². The summed E-state index contributed by atoms with van der Waals surface area (Å²) in [5.41, 5.74) is 7.08. The van der Waals surface area contributed by atoms with E-state index >= 15 is 0 Å². The summed E-state index contributed by atoms with van der Waals surface area (Å²) in [5.74, 6) is -1.09. The summed E-state index contributed by atoms with van der Waals surface area (Å²) < 4.78 is 0. The van der Waals surface area contributed by atoms with Crippen LogP contribution in [0.15, 0.2) is 35.9 Å². The second kappa shape index (κ2) is 7.61.